The Bertz CT molecular complexity index is 1260. The van der Waals surface area contributed by atoms with Gasteiger partial charge in [0, 0.05) is 16.0 Å². The van der Waals surface area contributed by atoms with Crippen molar-refractivity contribution in [2.24, 2.45) is 0 Å². The van der Waals surface area contributed by atoms with Crippen LogP contribution in [0.25, 0.3) is 34.2 Å². The molecule has 0 saturated heterocycles. The van der Waals surface area contributed by atoms with E-state index in [1.54, 1.807) is 25.2 Å². The van der Waals surface area contributed by atoms with Crippen molar-refractivity contribution in [2.75, 3.05) is 0 Å². The van der Waals surface area contributed by atoms with E-state index < -0.39 is 17.6 Å². The van der Waals surface area contributed by atoms with Gasteiger partial charge < -0.3 is 5.11 Å². The third-order valence-electron chi connectivity index (χ3n) is 4.93. The Hall–Kier alpha value is -3.47. The number of hydrogen-bond donors (Lipinski definition) is 1. The Kier molecular flexibility index (Phi) is 6.07. The molecule has 0 radical (unpaired) electrons. The Morgan fingerprint density at radius 3 is 2.55 bits per heavy atom. The van der Waals surface area contributed by atoms with Gasteiger partial charge in [0.2, 0.25) is 0 Å². The fraction of sp³-hybridized carbons (Fsp3) is 0.208. The van der Waals surface area contributed by atoms with Gasteiger partial charge in [-0.25, -0.2) is 9.48 Å². The van der Waals surface area contributed by atoms with E-state index in [1.807, 2.05) is 49.4 Å². The van der Waals surface area contributed by atoms with E-state index in [0.29, 0.717) is 29.0 Å². The smallest absolute Gasteiger partial charge is 0.328 e. The Labute approximate surface area is 168 Å². The lowest BCUT2D eigenvalue weighted by Gasteiger charge is -2.16. The quantitative estimate of drug-likeness (QED) is 0.704. The third kappa shape index (κ3) is 3.90. The van der Waals surface area contributed by atoms with Gasteiger partial charge >= 0.3 is 5.97 Å². The molecule has 0 aliphatic rings. The van der Waals surface area contributed by atoms with Crippen molar-refractivity contribution in [3.05, 3.63) is 75.9 Å². The highest BCUT2D eigenvalue weighted by molar-refractivity contribution is 5.87. The zero-order chi connectivity index (χ0) is 21.0. The van der Waals surface area contributed by atoms with Gasteiger partial charge in [-0.15, -0.1) is 0 Å². The van der Waals surface area contributed by atoms with E-state index in [4.69, 9.17) is 0 Å². The minimum atomic E-state index is -1.06. The molecule has 1 aromatic heterocycles. The maximum atomic E-state index is 13.1. The van der Waals surface area contributed by atoms with Crippen molar-refractivity contribution >= 4 is 28.9 Å². The van der Waals surface area contributed by atoms with Crippen molar-refractivity contribution in [3.63, 3.8) is 0 Å². The molecule has 29 heavy (non-hydrogen) atoms. The standard InChI is InChI=1S/C24H24N2O3/c1-4-9-20-19(6-3)23(27)26(21(10-5-2)24(28)29)25-22(20)18-14-13-16-11-7-8-12-17(16)15-18/h4,6-9,11-15,21H,1,5,10H2,2-3H3,(H,28,29). The van der Waals surface area contributed by atoms with Gasteiger partial charge in [0.25, 0.3) is 5.56 Å². The van der Waals surface area contributed by atoms with Gasteiger partial charge in [-0.2, -0.15) is 5.10 Å². The van der Waals surface area contributed by atoms with Crippen molar-refractivity contribution in [1.29, 1.82) is 0 Å². The summed E-state index contributed by atoms with van der Waals surface area (Å²) in [4.78, 5) is 24.9. The summed E-state index contributed by atoms with van der Waals surface area (Å²) >= 11 is 0. The first-order valence-corrected chi connectivity index (χ1v) is 9.65. The zero-order valence-electron chi connectivity index (χ0n) is 16.6. The van der Waals surface area contributed by atoms with Crippen molar-refractivity contribution < 1.29 is 9.90 Å². The molecule has 0 amide bonds. The predicted molar refractivity (Wildman–Crippen MR) is 117 cm³/mol. The first-order chi connectivity index (χ1) is 14.0. The first kappa shape index (κ1) is 20.3. The summed E-state index contributed by atoms with van der Waals surface area (Å²) in [6.07, 6.45) is 6.01. The average molecular weight is 388 g/mol. The van der Waals surface area contributed by atoms with Crippen molar-refractivity contribution in [1.82, 2.24) is 9.78 Å². The number of fused-ring (bicyclic) bond motifs is 1. The zero-order valence-corrected chi connectivity index (χ0v) is 16.6. The van der Waals surface area contributed by atoms with Gasteiger partial charge in [0.1, 0.15) is 0 Å². The molecule has 5 nitrogen and oxygen atoms in total. The summed E-state index contributed by atoms with van der Waals surface area (Å²) in [5.74, 6) is -1.06. The van der Waals surface area contributed by atoms with Crippen LogP contribution < -0.4 is 16.0 Å². The number of aliphatic carboxylic acids is 1. The molecule has 0 aliphatic carbocycles. The van der Waals surface area contributed by atoms with Gasteiger partial charge in [0.05, 0.1) is 5.69 Å². The lowest BCUT2D eigenvalue weighted by atomic mass is 10.0. The summed E-state index contributed by atoms with van der Waals surface area (Å²) in [7, 11) is 0. The largest absolute Gasteiger partial charge is 0.480 e. The number of carboxylic acid groups (broad SMARTS) is 1. The molecule has 148 valence electrons. The monoisotopic (exact) mass is 388 g/mol. The second kappa shape index (κ2) is 8.69. The molecule has 1 heterocycles. The van der Waals surface area contributed by atoms with Crippen molar-refractivity contribution in [2.45, 2.75) is 32.7 Å². The van der Waals surface area contributed by atoms with Crippen LogP contribution in [0.5, 0.6) is 0 Å². The summed E-state index contributed by atoms with van der Waals surface area (Å²) in [6, 6.07) is 12.9. The molecular weight excluding hydrogens is 364 g/mol. The highest BCUT2D eigenvalue weighted by atomic mass is 16.4. The van der Waals surface area contributed by atoms with Crippen LogP contribution in [-0.4, -0.2) is 20.9 Å². The number of rotatable bonds is 6. The predicted octanol–water partition coefficient (Wildman–Crippen LogP) is 3.26. The van der Waals surface area contributed by atoms with Crippen LogP contribution in [0.4, 0.5) is 0 Å². The summed E-state index contributed by atoms with van der Waals surface area (Å²) in [6.45, 7) is 7.41. The Morgan fingerprint density at radius 1 is 1.21 bits per heavy atom. The molecule has 2 aromatic carbocycles. The molecule has 0 spiro atoms. The molecule has 0 fully saturated rings. The highest BCUT2D eigenvalue weighted by Gasteiger charge is 2.23. The van der Waals surface area contributed by atoms with E-state index >= 15 is 0 Å². The van der Waals surface area contributed by atoms with E-state index in [9.17, 15) is 14.7 Å². The summed E-state index contributed by atoms with van der Waals surface area (Å²) in [5, 5.41) is 17.4. The van der Waals surface area contributed by atoms with E-state index in [-0.39, 0.29) is 0 Å². The number of carbonyl (C=O) groups is 1. The number of hydrogen-bond acceptors (Lipinski definition) is 3. The SMILES string of the molecule is C=CC=c1c(-c2ccc3ccccc3c2)nn(C(CCC)C(=O)O)c(=O)c1=CC. The fourth-order valence-corrected chi connectivity index (χ4v) is 3.52. The van der Waals surface area contributed by atoms with Gasteiger partial charge in [0.15, 0.2) is 6.04 Å². The molecule has 1 atom stereocenters. The normalized spacial score (nSPS) is 13.6. The lowest BCUT2D eigenvalue weighted by molar-refractivity contribution is -0.141. The molecule has 3 rings (SSSR count). The number of allylic oxidation sites excluding steroid dienone is 1. The van der Waals surface area contributed by atoms with Crippen LogP contribution in [0.3, 0.4) is 0 Å². The second-order valence-electron chi connectivity index (χ2n) is 6.82. The third-order valence-corrected chi connectivity index (χ3v) is 4.93. The fourth-order valence-electron chi connectivity index (χ4n) is 3.52. The van der Waals surface area contributed by atoms with E-state index in [1.165, 1.54) is 0 Å². The molecule has 3 aromatic rings. The Balaban J connectivity index is 2.42. The number of carboxylic acids is 1. The molecular formula is C24H24N2O3. The van der Waals surface area contributed by atoms with Crippen LogP contribution in [0, 0.1) is 0 Å². The summed E-state index contributed by atoms with van der Waals surface area (Å²) < 4.78 is 1.12. The van der Waals surface area contributed by atoms with Crippen LogP contribution in [0.2, 0.25) is 0 Å². The van der Waals surface area contributed by atoms with Gasteiger partial charge in [-0.3, -0.25) is 4.79 Å². The van der Waals surface area contributed by atoms with E-state index in [0.717, 1.165) is 21.0 Å². The lowest BCUT2D eigenvalue weighted by Crippen LogP contribution is -2.49. The minimum Gasteiger partial charge on any atom is -0.480 e. The minimum absolute atomic E-state index is 0.326. The number of benzene rings is 2. The maximum absolute atomic E-state index is 13.1. The molecule has 0 saturated carbocycles. The summed E-state index contributed by atoms with van der Waals surface area (Å²) in [5.41, 5.74) is 0.964. The van der Waals surface area contributed by atoms with Gasteiger partial charge in [-0.05, 0) is 30.2 Å². The topological polar surface area (TPSA) is 72.2 Å². The number of nitrogens with zero attached hydrogens (tertiary/aromatic N) is 2. The van der Waals surface area contributed by atoms with Crippen LogP contribution in [0.1, 0.15) is 32.7 Å². The maximum Gasteiger partial charge on any atom is 0.328 e. The highest BCUT2D eigenvalue weighted by Crippen LogP contribution is 2.21. The molecule has 1 unspecified atom stereocenters. The average Bonchev–Trinajstić information content (AvgIpc) is 2.72. The molecule has 1 N–H and O–H groups in total. The second-order valence-corrected chi connectivity index (χ2v) is 6.82. The Morgan fingerprint density at radius 2 is 1.93 bits per heavy atom. The van der Waals surface area contributed by atoms with Crippen LogP contribution in [0.15, 0.2) is 59.9 Å². The van der Waals surface area contributed by atoms with Crippen molar-refractivity contribution in [3.8, 4) is 11.3 Å². The van der Waals surface area contributed by atoms with Crippen LogP contribution >= 0.6 is 0 Å². The molecule has 0 bridgehead atoms. The first-order valence-electron chi connectivity index (χ1n) is 9.65. The molecule has 5 heteroatoms. The van der Waals surface area contributed by atoms with Gasteiger partial charge in [-0.1, -0.05) is 74.5 Å². The number of aromatic nitrogens is 2. The van der Waals surface area contributed by atoms with E-state index in [2.05, 4.69) is 11.7 Å². The van der Waals surface area contributed by atoms with Crippen LogP contribution in [-0.2, 0) is 4.79 Å². The molecule has 0 aliphatic heterocycles.